The minimum Gasteiger partial charge on any atom is -0.480 e. The van der Waals surface area contributed by atoms with Gasteiger partial charge in [0.05, 0.1) is 9.85 Å². The van der Waals surface area contributed by atoms with E-state index in [2.05, 4.69) is 0 Å². The van der Waals surface area contributed by atoms with Gasteiger partial charge in [-0.05, 0) is 19.1 Å². The molecule has 2 amide bonds. The van der Waals surface area contributed by atoms with Crippen LogP contribution in [-0.2, 0) is 4.79 Å². The molecule has 3 rings (SSSR count). The minimum atomic E-state index is -1.48. The number of carboxylic acid groups (broad SMARTS) is 1. The van der Waals surface area contributed by atoms with Crippen molar-refractivity contribution < 1.29 is 29.3 Å². The lowest BCUT2D eigenvalue weighted by Crippen LogP contribution is -2.49. The molecule has 0 unspecified atom stereocenters. The Morgan fingerprint density at radius 3 is 1.73 bits per heavy atom. The number of benzene rings is 2. The van der Waals surface area contributed by atoms with Crippen LogP contribution in [0.25, 0.3) is 10.8 Å². The van der Waals surface area contributed by atoms with Gasteiger partial charge >= 0.3 is 5.97 Å². The number of aliphatic carboxylic acids is 1. The van der Waals surface area contributed by atoms with E-state index in [1.807, 2.05) is 0 Å². The van der Waals surface area contributed by atoms with Crippen LogP contribution in [0.2, 0.25) is 0 Å². The van der Waals surface area contributed by atoms with Gasteiger partial charge in [-0.1, -0.05) is 0 Å². The molecular formula is C15H9N3O8. The first-order valence-corrected chi connectivity index (χ1v) is 7.16. The topological polar surface area (TPSA) is 161 Å². The van der Waals surface area contributed by atoms with Gasteiger partial charge in [0.1, 0.15) is 11.4 Å². The summed E-state index contributed by atoms with van der Waals surface area (Å²) in [4.78, 5) is 57.8. The number of imide groups is 1. The molecule has 0 fully saturated rings. The molecule has 1 heterocycles. The average molecular weight is 359 g/mol. The molecule has 11 heteroatoms. The molecule has 0 saturated carbocycles. The number of nitro benzene ring substituents is 2. The first kappa shape index (κ1) is 17.0. The first-order valence-electron chi connectivity index (χ1n) is 7.16. The molecule has 0 aromatic heterocycles. The molecule has 1 N–H and O–H groups in total. The lowest BCUT2D eigenvalue weighted by molar-refractivity contribution is -0.390. The van der Waals surface area contributed by atoms with Crippen molar-refractivity contribution in [1.82, 2.24) is 4.90 Å². The molecule has 0 aliphatic carbocycles. The van der Waals surface area contributed by atoms with E-state index in [4.69, 9.17) is 5.11 Å². The Morgan fingerprint density at radius 1 is 0.962 bits per heavy atom. The van der Waals surface area contributed by atoms with Gasteiger partial charge in [0, 0.05) is 28.6 Å². The first-order chi connectivity index (χ1) is 12.2. The van der Waals surface area contributed by atoms with Crippen LogP contribution in [0.3, 0.4) is 0 Å². The number of hydrogen-bond acceptors (Lipinski definition) is 7. The van der Waals surface area contributed by atoms with Crippen molar-refractivity contribution in [2.45, 2.75) is 13.0 Å². The molecule has 0 spiro atoms. The highest BCUT2D eigenvalue weighted by Gasteiger charge is 2.41. The van der Waals surface area contributed by atoms with Crippen LogP contribution in [-0.4, -0.2) is 43.7 Å². The third-order valence-corrected chi connectivity index (χ3v) is 4.15. The Balaban J connectivity index is 2.44. The van der Waals surface area contributed by atoms with E-state index in [1.165, 1.54) is 0 Å². The normalized spacial score (nSPS) is 14.4. The summed E-state index contributed by atoms with van der Waals surface area (Å²) in [5.41, 5.74) is -1.68. The van der Waals surface area contributed by atoms with Crippen LogP contribution < -0.4 is 0 Å². The summed E-state index contributed by atoms with van der Waals surface area (Å²) in [6.07, 6.45) is 0. The maximum absolute atomic E-state index is 12.6. The average Bonchev–Trinajstić information content (AvgIpc) is 2.58. The number of hydrogen-bond donors (Lipinski definition) is 1. The highest BCUT2D eigenvalue weighted by atomic mass is 16.6. The van der Waals surface area contributed by atoms with Crippen molar-refractivity contribution in [3.63, 3.8) is 0 Å². The van der Waals surface area contributed by atoms with Crippen LogP contribution >= 0.6 is 0 Å². The molecule has 0 saturated heterocycles. The monoisotopic (exact) mass is 359 g/mol. The van der Waals surface area contributed by atoms with Crippen molar-refractivity contribution in [3.8, 4) is 0 Å². The Bertz CT molecular complexity index is 976. The van der Waals surface area contributed by atoms with Crippen LogP contribution in [0, 0.1) is 20.2 Å². The number of nitrogens with zero attached hydrogens (tertiary/aromatic N) is 3. The molecule has 1 aliphatic rings. The van der Waals surface area contributed by atoms with Gasteiger partial charge in [-0.3, -0.25) is 34.7 Å². The highest BCUT2D eigenvalue weighted by molar-refractivity contribution is 6.28. The van der Waals surface area contributed by atoms with E-state index in [9.17, 15) is 34.6 Å². The van der Waals surface area contributed by atoms with Gasteiger partial charge in [0.25, 0.3) is 23.2 Å². The molecule has 26 heavy (non-hydrogen) atoms. The zero-order chi connectivity index (χ0) is 19.3. The third-order valence-electron chi connectivity index (χ3n) is 4.15. The van der Waals surface area contributed by atoms with E-state index < -0.39 is 50.4 Å². The fourth-order valence-electron chi connectivity index (χ4n) is 2.93. The third kappa shape index (κ3) is 2.17. The lowest BCUT2D eigenvalue weighted by atomic mass is 9.91. The number of carbonyl (C=O) groups excluding carboxylic acids is 2. The Morgan fingerprint density at radius 2 is 1.38 bits per heavy atom. The van der Waals surface area contributed by atoms with E-state index >= 15 is 0 Å². The molecule has 0 bridgehead atoms. The molecule has 2 aromatic rings. The molecule has 1 atom stereocenters. The van der Waals surface area contributed by atoms with Crippen LogP contribution in [0.5, 0.6) is 0 Å². The number of rotatable bonds is 4. The smallest absolute Gasteiger partial charge is 0.326 e. The van der Waals surface area contributed by atoms with Gasteiger partial charge < -0.3 is 5.11 Å². The van der Waals surface area contributed by atoms with Crippen molar-refractivity contribution >= 4 is 39.9 Å². The molecule has 1 aliphatic heterocycles. The quantitative estimate of drug-likeness (QED) is 0.490. The molecule has 11 nitrogen and oxygen atoms in total. The second kappa shape index (κ2) is 5.58. The van der Waals surface area contributed by atoms with Crippen molar-refractivity contribution in [2.75, 3.05) is 0 Å². The Labute approximate surface area is 143 Å². The van der Waals surface area contributed by atoms with E-state index in [1.54, 1.807) is 0 Å². The maximum atomic E-state index is 12.6. The van der Waals surface area contributed by atoms with Crippen LogP contribution in [0.15, 0.2) is 24.3 Å². The fraction of sp³-hybridized carbons (Fsp3) is 0.133. The lowest BCUT2D eigenvalue weighted by Gasteiger charge is -2.29. The van der Waals surface area contributed by atoms with Crippen molar-refractivity contribution in [3.05, 3.63) is 55.6 Å². The number of non-ortho nitro benzene ring substituents is 2. The summed E-state index contributed by atoms with van der Waals surface area (Å²) < 4.78 is 0. The van der Waals surface area contributed by atoms with Gasteiger partial charge in [-0.15, -0.1) is 0 Å². The Kier molecular flexibility index (Phi) is 3.64. The summed E-state index contributed by atoms with van der Waals surface area (Å²) in [6, 6.07) is 2.48. The summed E-state index contributed by atoms with van der Waals surface area (Å²) in [5, 5.41) is 31.0. The van der Waals surface area contributed by atoms with Crippen LogP contribution in [0.1, 0.15) is 27.6 Å². The van der Waals surface area contributed by atoms with E-state index in [-0.39, 0.29) is 16.5 Å². The minimum absolute atomic E-state index is 0.211. The molecule has 0 radical (unpaired) electrons. The van der Waals surface area contributed by atoms with Gasteiger partial charge in [0.2, 0.25) is 0 Å². The summed E-state index contributed by atoms with van der Waals surface area (Å²) >= 11 is 0. The predicted octanol–water partition coefficient (Wildman–Crippen LogP) is 1.73. The SMILES string of the molecule is C[C@@H](C(=O)O)N1C(=O)c2ccc([N+](=O)[O-])c3c([N+](=O)[O-])ccc(c23)C1=O. The van der Waals surface area contributed by atoms with Gasteiger partial charge in [-0.25, -0.2) is 4.79 Å². The second-order valence-electron chi connectivity index (χ2n) is 5.52. The zero-order valence-corrected chi connectivity index (χ0v) is 13.0. The summed E-state index contributed by atoms with van der Waals surface area (Å²) in [6.45, 7) is 1.14. The second-order valence-corrected chi connectivity index (χ2v) is 5.52. The molecule has 2 aromatic carbocycles. The van der Waals surface area contributed by atoms with E-state index in [0.29, 0.717) is 4.90 Å². The van der Waals surface area contributed by atoms with Crippen molar-refractivity contribution in [2.24, 2.45) is 0 Å². The van der Waals surface area contributed by atoms with Crippen LogP contribution in [0.4, 0.5) is 11.4 Å². The fourth-order valence-corrected chi connectivity index (χ4v) is 2.93. The molecular weight excluding hydrogens is 350 g/mol. The summed E-state index contributed by atoms with van der Waals surface area (Å²) in [7, 11) is 0. The number of amides is 2. The largest absolute Gasteiger partial charge is 0.480 e. The highest BCUT2D eigenvalue weighted by Crippen LogP contribution is 2.40. The van der Waals surface area contributed by atoms with Crippen molar-refractivity contribution in [1.29, 1.82) is 0 Å². The number of carboxylic acids is 1. The standard InChI is InChI=1S/C15H9N3O8/c1-6(15(21)22)16-13(19)7-2-4-9(17(23)24)12-10(18(25)26)5-3-8(11(7)12)14(16)20/h2-6H,1H3,(H,21,22)/t6-/m0/s1. The van der Waals surface area contributed by atoms with Gasteiger partial charge in [-0.2, -0.15) is 0 Å². The zero-order valence-electron chi connectivity index (χ0n) is 13.0. The maximum Gasteiger partial charge on any atom is 0.326 e. The van der Waals surface area contributed by atoms with Gasteiger partial charge in [0.15, 0.2) is 0 Å². The Hall–Kier alpha value is -3.89. The van der Waals surface area contributed by atoms with E-state index in [0.717, 1.165) is 31.2 Å². The number of nitro groups is 2. The predicted molar refractivity (Wildman–Crippen MR) is 84.9 cm³/mol. The number of carbonyl (C=O) groups is 3. The summed E-state index contributed by atoms with van der Waals surface area (Å²) in [5.74, 6) is -3.40. The molecule has 132 valence electrons.